The lowest BCUT2D eigenvalue weighted by atomic mass is 9.45. The fraction of sp³-hybridized carbons (Fsp3) is 0.153. The van der Waals surface area contributed by atoms with E-state index in [2.05, 4.69) is 205 Å². The summed E-state index contributed by atoms with van der Waals surface area (Å²) in [5, 5.41) is 7.93. The van der Waals surface area contributed by atoms with Crippen LogP contribution in [0.1, 0.15) is 69.8 Å². The lowest BCUT2D eigenvalue weighted by Crippen LogP contribution is -2.55. The molecule has 0 saturated heterocycles. The SMILES string of the molecule is CC(C)(C)c1cc2c3c(c1)-n1c4ccccc4c4cccc(c41)B3n1c3c-2cccc3c2c1c1cccc3c1n2C1c2c-3cc(C(C)(C)C)cc2-n2c3ccccc3c3cccc1c32. The summed E-state index contributed by atoms with van der Waals surface area (Å²) in [4.78, 5) is 0. The predicted molar refractivity (Wildman–Crippen MR) is 270 cm³/mol. The smallest absolute Gasteiger partial charge is 0.333 e. The number of aromatic nitrogens is 4. The van der Waals surface area contributed by atoms with Gasteiger partial charge in [-0.15, -0.1) is 0 Å². The number of benzene rings is 8. The van der Waals surface area contributed by atoms with Gasteiger partial charge in [0, 0.05) is 65.8 Å². The molecular formula is C59H43BN4. The van der Waals surface area contributed by atoms with Gasteiger partial charge in [0.15, 0.2) is 0 Å². The number of nitrogens with zero attached hydrogens (tertiary/aromatic N) is 4. The highest BCUT2D eigenvalue weighted by Gasteiger charge is 2.45. The van der Waals surface area contributed by atoms with E-state index in [1.807, 2.05) is 0 Å². The topological polar surface area (TPSA) is 19.7 Å². The Hall–Kier alpha value is -7.24. The van der Waals surface area contributed by atoms with Crippen LogP contribution in [0.25, 0.3) is 110 Å². The molecule has 5 heteroatoms. The van der Waals surface area contributed by atoms with Crippen molar-refractivity contribution in [3.05, 3.63) is 168 Å². The summed E-state index contributed by atoms with van der Waals surface area (Å²) in [6.07, 6.45) is 0. The van der Waals surface area contributed by atoms with Crippen molar-refractivity contribution < 1.29 is 0 Å². The summed E-state index contributed by atoms with van der Waals surface area (Å²) in [6.45, 7) is 14.2. The number of hydrogen-bond acceptors (Lipinski definition) is 0. The van der Waals surface area contributed by atoms with E-state index in [4.69, 9.17) is 0 Å². The zero-order valence-corrected chi connectivity index (χ0v) is 36.8. The van der Waals surface area contributed by atoms with Gasteiger partial charge in [-0.05, 0) is 68.3 Å². The van der Waals surface area contributed by atoms with E-state index in [9.17, 15) is 0 Å². The van der Waals surface area contributed by atoms with Crippen LogP contribution in [0.2, 0.25) is 0 Å². The Morgan fingerprint density at radius 1 is 0.422 bits per heavy atom. The molecule has 0 N–H and O–H groups in total. The Morgan fingerprint density at radius 2 is 0.969 bits per heavy atom. The molecule has 302 valence electrons. The average molecular weight is 819 g/mol. The summed E-state index contributed by atoms with van der Waals surface area (Å²) >= 11 is 0. The largest absolute Gasteiger partial charge is 0.374 e. The van der Waals surface area contributed by atoms with Crippen LogP contribution in [-0.4, -0.2) is 25.0 Å². The maximum atomic E-state index is 2.80. The maximum absolute atomic E-state index is 2.80. The zero-order valence-electron chi connectivity index (χ0n) is 36.8. The molecule has 0 spiro atoms. The van der Waals surface area contributed by atoms with Gasteiger partial charge in [-0.2, -0.15) is 0 Å². The van der Waals surface area contributed by atoms with Gasteiger partial charge in [-0.3, -0.25) is 0 Å². The van der Waals surface area contributed by atoms with E-state index in [1.54, 1.807) is 0 Å². The van der Waals surface area contributed by atoms with E-state index in [-0.39, 0.29) is 23.7 Å². The Balaban J connectivity index is 1.13. The Bertz CT molecular complexity index is 3950. The molecule has 0 radical (unpaired) electrons. The Morgan fingerprint density at radius 3 is 1.67 bits per heavy atom. The molecule has 0 saturated carbocycles. The second kappa shape index (κ2) is 10.7. The predicted octanol–water partition coefficient (Wildman–Crippen LogP) is 13.4. The molecule has 4 nitrogen and oxygen atoms in total. The van der Waals surface area contributed by atoms with Crippen LogP contribution in [0.3, 0.4) is 0 Å². The molecule has 8 heterocycles. The van der Waals surface area contributed by atoms with Gasteiger partial charge < -0.3 is 18.2 Å². The molecule has 16 rings (SSSR count). The van der Waals surface area contributed by atoms with E-state index >= 15 is 0 Å². The van der Waals surface area contributed by atoms with E-state index in [0.29, 0.717) is 0 Å². The molecule has 12 aromatic rings. The minimum Gasteiger partial charge on any atom is -0.374 e. The van der Waals surface area contributed by atoms with Crippen molar-refractivity contribution in [2.75, 3.05) is 0 Å². The van der Waals surface area contributed by atoms with E-state index in [1.165, 1.54) is 143 Å². The minimum absolute atomic E-state index is 0.0133. The third kappa shape index (κ3) is 3.70. The molecule has 64 heavy (non-hydrogen) atoms. The van der Waals surface area contributed by atoms with Crippen LogP contribution in [0.15, 0.2) is 146 Å². The van der Waals surface area contributed by atoms with Crippen molar-refractivity contribution in [3.63, 3.8) is 0 Å². The second-order valence-electron chi connectivity index (χ2n) is 21.3. The molecule has 4 aromatic heterocycles. The number of fused-ring (bicyclic) bond motifs is 19. The fourth-order valence-corrected chi connectivity index (χ4v) is 13.3. The Kier molecular flexibility index (Phi) is 5.75. The van der Waals surface area contributed by atoms with Gasteiger partial charge in [-0.25, -0.2) is 0 Å². The normalized spacial score (nSPS) is 15.5. The molecule has 1 unspecified atom stereocenters. The minimum atomic E-state index is -0.0410. The molecular weight excluding hydrogens is 775 g/mol. The lowest BCUT2D eigenvalue weighted by Gasteiger charge is -2.37. The van der Waals surface area contributed by atoms with Crippen molar-refractivity contribution >= 4 is 94.2 Å². The molecule has 1 atom stereocenters. The first-order chi connectivity index (χ1) is 31.1. The van der Waals surface area contributed by atoms with Gasteiger partial charge in [-0.1, -0.05) is 163 Å². The third-order valence-corrected chi connectivity index (χ3v) is 16.0. The highest BCUT2D eigenvalue weighted by Crippen LogP contribution is 2.57. The molecule has 4 aliphatic heterocycles. The monoisotopic (exact) mass is 818 g/mol. The first-order valence-corrected chi connectivity index (χ1v) is 23.1. The molecule has 0 fully saturated rings. The van der Waals surface area contributed by atoms with Crippen LogP contribution >= 0.6 is 0 Å². The maximum Gasteiger partial charge on any atom is 0.333 e. The third-order valence-electron chi connectivity index (χ3n) is 16.0. The van der Waals surface area contributed by atoms with Gasteiger partial charge in [0.25, 0.3) is 0 Å². The van der Waals surface area contributed by atoms with Crippen molar-refractivity contribution in [1.82, 2.24) is 18.2 Å². The van der Waals surface area contributed by atoms with E-state index < -0.39 is 0 Å². The standard InChI is InChI=1S/C59H43BN4/c1-58(2,3)31-27-42-37-18-12-22-40-52(37)63(55-39-21-11-17-35-33-15-7-9-25-45(33)61(51(35)39)47(29-31)49(42)55)56-41-23-13-19-38-43-28-32(59(4,5)6)30-48-50(43)60(64(53(38)41)57(40)56)44-24-14-20-36-34-16-8-10-26-46(34)62(48)54(36)44/h7-30,55H,1-6H3. The van der Waals surface area contributed by atoms with E-state index in [0.717, 1.165) is 0 Å². The van der Waals surface area contributed by atoms with Crippen molar-refractivity contribution in [2.45, 2.75) is 58.4 Å². The van der Waals surface area contributed by atoms with Crippen LogP contribution in [0, 0.1) is 0 Å². The molecule has 8 aromatic carbocycles. The molecule has 0 aliphatic carbocycles. The molecule has 0 amide bonds. The highest BCUT2D eigenvalue weighted by atomic mass is 15.1. The van der Waals surface area contributed by atoms with Gasteiger partial charge >= 0.3 is 6.85 Å². The number of rotatable bonds is 0. The van der Waals surface area contributed by atoms with Crippen LogP contribution in [-0.2, 0) is 10.8 Å². The van der Waals surface area contributed by atoms with Gasteiger partial charge in [0.2, 0.25) is 0 Å². The Labute approximate surface area is 370 Å². The highest BCUT2D eigenvalue weighted by molar-refractivity contribution is 6.90. The zero-order chi connectivity index (χ0) is 42.4. The lowest BCUT2D eigenvalue weighted by molar-refractivity contribution is 0.588. The van der Waals surface area contributed by atoms with Crippen LogP contribution in [0.5, 0.6) is 0 Å². The quantitative estimate of drug-likeness (QED) is 0.136. The second-order valence-corrected chi connectivity index (χ2v) is 21.3. The summed E-state index contributed by atoms with van der Waals surface area (Å²) in [5.41, 5.74) is 26.8. The molecule has 4 aliphatic rings. The summed E-state index contributed by atoms with van der Waals surface area (Å²) < 4.78 is 10.8. The fourth-order valence-electron chi connectivity index (χ4n) is 13.3. The summed E-state index contributed by atoms with van der Waals surface area (Å²) in [6, 6.07) is 56.7. The average Bonchev–Trinajstić information content (AvgIpc) is 4.03. The van der Waals surface area contributed by atoms with Crippen LogP contribution in [0.4, 0.5) is 0 Å². The summed E-state index contributed by atoms with van der Waals surface area (Å²) in [7, 11) is 0. The first kappa shape index (κ1) is 34.3. The van der Waals surface area contributed by atoms with Crippen LogP contribution < -0.4 is 10.9 Å². The first-order valence-electron chi connectivity index (χ1n) is 23.1. The number of hydrogen-bond donors (Lipinski definition) is 0. The summed E-state index contributed by atoms with van der Waals surface area (Å²) in [5.74, 6) is 0. The van der Waals surface area contributed by atoms with Crippen molar-refractivity contribution in [2.24, 2.45) is 0 Å². The van der Waals surface area contributed by atoms with Crippen molar-refractivity contribution in [3.8, 4) is 33.6 Å². The molecule has 0 bridgehead atoms. The van der Waals surface area contributed by atoms with Gasteiger partial charge in [0.05, 0.1) is 50.3 Å². The van der Waals surface area contributed by atoms with Gasteiger partial charge in [0.1, 0.15) is 0 Å². The number of para-hydroxylation sites is 6. The van der Waals surface area contributed by atoms with Crippen molar-refractivity contribution in [1.29, 1.82) is 0 Å².